The van der Waals surface area contributed by atoms with Gasteiger partial charge in [0.25, 0.3) is 0 Å². The predicted octanol–water partition coefficient (Wildman–Crippen LogP) is 2.47. The van der Waals surface area contributed by atoms with Gasteiger partial charge in [-0.15, -0.1) is 0 Å². The molecule has 0 aliphatic carbocycles. The second kappa shape index (κ2) is 5.02. The predicted molar refractivity (Wildman–Crippen MR) is 76.0 cm³/mol. The van der Waals surface area contributed by atoms with Gasteiger partial charge in [-0.3, -0.25) is 0 Å². The Morgan fingerprint density at radius 2 is 1.75 bits per heavy atom. The third-order valence-corrected chi connectivity index (χ3v) is 4.12. The molecule has 6 heteroatoms. The van der Waals surface area contributed by atoms with Crippen molar-refractivity contribution < 1.29 is 18.4 Å². The highest BCUT2D eigenvalue weighted by atomic mass is 19.1. The number of hydrogen-bond donors (Lipinski definition) is 1. The van der Waals surface area contributed by atoms with Gasteiger partial charge in [0.1, 0.15) is 0 Å². The molecule has 1 atom stereocenters. The number of halogens is 1. The van der Waals surface area contributed by atoms with Crippen LogP contribution in [0.25, 0.3) is 0 Å². The first-order valence-electron chi connectivity index (χ1n) is 6.62. The molecule has 2 N–H and O–H groups in total. The van der Waals surface area contributed by atoms with Crippen molar-refractivity contribution in [1.29, 1.82) is 0 Å². The third kappa shape index (κ3) is 2.55. The highest BCUT2D eigenvalue weighted by molar-refractivity contribution is 6.47. The molecule has 1 aromatic carbocycles. The summed E-state index contributed by atoms with van der Waals surface area (Å²) in [4.78, 5) is 0. The van der Waals surface area contributed by atoms with Gasteiger partial charge in [-0.25, -0.2) is 4.39 Å². The van der Waals surface area contributed by atoms with Gasteiger partial charge < -0.3 is 19.8 Å². The molecule has 0 unspecified atom stereocenters. The van der Waals surface area contributed by atoms with E-state index in [4.69, 9.17) is 19.8 Å². The minimum absolute atomic E-state index is 0.162. The number of hydrogen-bond acceptors (Lipinski definition) is 4. The molecule has 0 amide bonds. The molecular weight excluding hydrogens is 260 g/mol. The lowest BCUT2D eigenvalue weighted by atomic mass is 9.75. The molecule has 0 spiro atoms. The Balaban J connectivity index is 2.23. The van der Waals surface area contributed by atoms with Gasteiger partial charge in [0.05, 0.1) is 24.3 Å². The lowest BCUT2D eigenvalue weighted by molar-refractivity contribution is 0.00578. The molecule has 1 saturated heterocycles. The molecule has 110 valence electrons. The van der Waals surface area contributed by atoms with E-state index in [-0.39, 0.29) is 5.75 Å². The number of rotatable bonds is 3. The van der Waals surface area contributed by atoms with Gasteiger partial charge in [-0.05, 0) is 45.4 Å². The Kier molecular flexibility index (Phi) is 3.84. The molecule has 1 aliphatic rings. The van der Waals surface area contributed by atoms with E-state index in [1.165, 1.54) is 13.2 Å². The quantitative estimate of drug-likeness (QED) is 0.865. The maximum Gasteiger partial charge on any atom is 0.480 e. The molecule has 1 fully saturated rings. The van der Waals surface area contributed by atoms with Crippen LogP contribution in [0.1, 0.15) is 39.2 Å². The third-order valence-electron chi connectivity index (χ3n) is 4.12. The van der Waals surface area contributed by atoms with E-state index in [0.717, 1.165) is 0 Å². The van der Waals surface area contributed by atoms with Crippen molar-refractivity contribution in [1.82, 2.24) is 0 Å². The van der Waals surface area contributed by atoms with Crippen molar-refractivity contribution in [3.05, 3.63) is 29.6 Å². The van der Waals surface area contributed by atoms with Crippen LogP contribution in [0.2, 0.25) is 0 Å². The first-order valence-corrected chi connectivity index (χ1v) is 6.62. The van der Waals surface area contributed by atoms with Crippen LogP contribution >= 0.6 is 0 Å². The van der Waals surface area contributed by atoms with E-state index in [1.54, 1.807) is 12.1 Å². The summed E-state index contributed by atoms with van der Waals surface area (Å²) >= 11 is 0. The van der Waals surface area contributed by atoms with Crippen LogP contribution < -0.4 is 10.5 Å². The number of ether oxygens (including phenoxy) is 1. The SMILES string of the molecule is COc1cc([C@H](N)B2OC(C)(C)C(C)(C)O2)ccc1F. The fraction of sp³-hybridized carbons (Fsp3) is 0.571. The molecule has 2 rings (SSSR count). The minimum atomic E-state index is -0.574. The summed E-state index contributed by atoms with van der Waals surface area (Å²) in [7, 11) is 0.845. The molecule has 0 bridgehead atoms. The van der Waals surface area contributed by atoms with Crippen molar-refractivity contribution >= 4 is 7.12 Å². The minimum Gasteiger partial charge on any atom is -0.494 e. The van der Waals surface area contributed by atoms with Crippen LogP contribution in [0.3, 0.4) is 0 Å². The van der Waals surface area contributed by atoms with Crippen molar-refractivity contribution in [2.24, 2.45) is 5.73 Å². The Bertz CT molecular complexity index is 491. The molecule has 4 nitrogen and oxygen atoms in total. The summed E-state index contributed by atoms with van der Waals surface area (Å²) in [6.07, 6.45) is 0. The van der Waals surface area contributed by atoms with E-state index >= 15 is 0 Å². The summed E-state index contributed by atoms with van der Waals surface area (Å²) in [5, 5.41) is 0. The normalized spacial score (nSPS) is 21.9. The fourth-order valence-electron chi connectivity index (χ4n) is 2.08. The highest BCUT2D eigenvalue weighted by Gasteiger charge is 2.53. The maximum absolute atomic E-state index is 13.4. The lowest BCUT2D eigenvalue weighted by Crippen LogP contribution is -2.41. The summed E-state index contributed by atoms with van der Waals surface area (Å²) < 4.78 is 30.2. The largest absolute Gasteiger partial charge is 0.494 e. The van der Waals surface area contributed by atoms with Crippen molar-refractivity contribution in [3.8, 4) is 5.75 Å². The molecule has 1 aliphatic heterocycles. The highest BCUT2D eigenvalue weighted by Crippen LogP contribution is 2.39. The van der Waals surface area contributed by atoms with Crippen LogP contribution in [-0.2, 0) is 9.31 Å². The van der Waals surface area contributed by atoms with Gasteiger partial charge in [0.15, 0.2) is 11.6 Å². The van der Waals surface area contributed by atoms with E-state index in [1.807, 2.05) is 27.7 Å². The summed E-state index contributed by atoms with van der Waals surface area (Å²) in [5.41, 5.74) is 6.01. The monoisotopic (exact) mass is 281 g/mol. The fourth-order valence-corrected chi connectivity index (χ4v) is 2.08. The van der Waals surface area contributed by atoms with Crippen molar-refractivity contribution in [3.63, 3.8) is 0 Å². The Labute approximate surface area is 119 Å². The van der Waals surface area contributed by atoms with Crippen molar-refractivity contribution in [2.45, 2.75) is 44.8 Å². The van der Waals surface area contributed by atoms with Gasteiger partial charge in [-0.1, -0.05) is 6.07 Å². The number of benzene rings is 1. The van der Waals surface area contributed by atoms with E-state index in [2.05, 4.69) is 0 Å². The zero-order chi connectivity index (χ0) is 15.1. The standard InChI is InChI=1S/C14H21BFNO3/c1-13(2)14(3,4)20-15(19-13)12(17)9-6-7-10(16)11(8-9)18-5/h6-8,12H,17H2,1-5H3/t12-/m0/s1. The molecule has 20 heavy (non-hydrogen) atoms. The lowest BCUT2D eigenvalue weighted by Gasteiger charge is -2.32. The molecule has 0 aromatic heterocycles. The van der Waals surface area contributed by atoms with Crippen molar-refractivity contribution in [2.75, 3.05) is 7.11 Å². The maximum atomic E-state index is 13.4. The van der Waals surface area contributed by atoms with Crippen LogP contribution in [0.15, 0.2) is 18.2 Å². The Morgan fingerprint density at radius 1 is 1.20 bits per heavy atom. The van der Waals surface area contributed by atoms with Crippen LogP contribution in [-0.4, -0.2) is 25.4 Å². The molecule has 0 saturated carbocycles. The first kappa shape index (κ1) is 15.3. The molecular formula is C14H21BFNO3. The molecule has 1 heterocycles. The van der Waals surface area contributed by atoms with E-state index in [9.17, 15) is 4.39 Å². The van der Waals surface area contributed by atoms with Gasteiger partial charge in [0, 0.05) is 0 Å². The zero-order valence-electron chi connectivity index (χ0n) is 12.6. The summed E-state index contributed by atoms with van der Waals surface area (Å²) in [6, 6.07) is 4.53. The second-order valence-corrected chi connectivity index (χ2v) is 6.04. The summed E-state index contributed by atoms with van der Waals surface area (Å²) in [5.74, 6) is -0.766. The zero-order valence-corrected chi connectivity index (χ0v) is 12.6. The Morgan fingerprint density at radius 3 is 2.25 bits per heavy atom. The van der Waals surface area contributed by atoms with Gasteiger partial charge in [-0.2, -0.15) is 0 Å². The topological polar surface area (TPSA) is 53.7 Å². The Hall–Kier alpha value is -1.11. The smallest absolute Gasteiger partial charge is 0.480 e. The molecule has 0 radical (unpaired) electrons. The average molecular weight is 281 g/mol. The average Bonchev–Trinajstić information content (AvgIpc) is 2.58. The first-order chi connectivity index (χ1) is 9.18. The van der Waals surface area contributed by atoms with Crippen LogP contribution in [0.5, 0.6) is 5.75 Å². The van der Waals surface area contributed by atoms with Crippen LogP contribution in [0, 0.1) is 5.82 Å². The van der Waals surface area contributed by atoms with E-state index in [0.29, 0.717) is 5.56 Å². The second-order valence-electron chi connectivity index (χ2n) is 6.04. The summed E-state index contributed by atoms with van der Waals surface area (Å²) in [6.45, 7) is 7.85. The van der Waals surface area contributed by atoms with Gasteiger partial charge in [0.2, 0.25) is 0 Å². The number of methoxy groups -OCH3 is 1. The van der Waals surface area contributed by atoms with Gasteiger partial charge >= 0.3 is 7.12 Å². The van der Waals surface area contributed by atoms with Crippen LogP contribution in [0.4, 0.5) is 4.39 Å². The van der Waals surface area contributed by atoms with E-state index < -0.39 is 30.1 Å². The number of nitrogens with two attached hydrogens (primary N) is 1. The molecule has 1 aromatic rings.